The van der Waals surface area contributed by atoms with Crippen molar-refractivity contribution < 1.29 is 4.79 Å². The van der Waals surface area contributed by atoms with Gasteiger partial charge < -0.3 is 5.32 Å². The first kappa shape index (κ1) is 24.8. The van der Waals surface area contributed by atoms with E-state index in [9.17, 15) is 9.59 Å². The lowest BCUT2D eigenvalue weighted by Crippen LogP contribution is -2.33. The zero-order valence-electron chi connectivity index (χ0n) is 21.9. The van der Waals surface area contributed by atoms with Gasteiger partial charge in [0.15, 0.2) is 5.65 Å². The number of hydrogen-bond donors (Lipinski definition) is 1. The first-order valence-electron chi connectivity index (χ1n) is 12.8. The number of para-hydroxylation sites is 1. The van der Waals surface area contributed by atoms with Crippen molar-refractivity contribution in [2.75, 3.05) is 0 Å². The third-order valence-corrected chi connectivity index (χ3v) is 6.74. The Morgan fingerprint density at radius 3 is 2.62 bits per heavy atom. The van der Waals surface area contributed by atoms with Crippen LogP contribution in [0.1, 0.15) is 45.8 Å². The Bertz CT molecular complexity index is 2000. The summed E-state index contributed by atoms with van der Waals surface area (Å²) in [7, 11) is 0. The van der Waals surface area contributed by atoms with Gasteiger partial charge in [-0.3, -0.25) is 23.5 Å². The van der Waals surface area contributed by atoms with Crippen molar-refractivity contribution in [3.63, 3.8) is 0 Å². The van der Waals surface area contributed by atoms with E-state index in [2.05, 4.69) is 32.1 Å². The number of amides is 1. The van der Waals surface area contributed by atoms with Gasteiger partial charge in [-0.25, -0.2) is 9.97 Å². The summed E-state index contributed by atoms with van der Waals surface area (Å²) in [5.41, 5.74) is 3.96. The maximum absolute atomic E-state index is 14.2. The van der Waals surface area contributed by atoms with Gasteiger partial charge in [-0.15, -0.1) is 0 Å². The van der Waals surface area contributed by atoms with Crippen LogP contribution in [-0.2, 0) is 0 Å². The van der Waals surface area contributed by atoms with Crippen LogP contribution in [0.5, 0.6) is 0 Å². The molecule has 0 bridgehead atoms. The lowest BCUT2D eigenvalue weighted by atomic mass is 10.0. The fourth-order valence-corrected chi connectivity index (χ4v) is 4.81. The van der Waals surface area contributed by atoms with E-state index >= 15 is 0 Å². The van der Waals surface area contributed by atoms with E-state index in [1.165, 1.54) is 0 Å². The van der Waals surface area contributed by atoms with Gasteiger partial charge >= 0.3 is 0 Å². The van der Waals surface area contributed by atoms with Crippen LogP contribution in [0.3, 0.4) is 0 Å². The Balaban J connectivity index is 1.48. The molecule has 4 heterocycles. The van der Waals surface area contributed by atoms with Crippen molar-refractivity contribution in [1.29, 1.82) is 0 Å². The second-order valence-electron chi connectivity index (χ2n) is 9.37. The average Bonchev–Trinajstić information content (AvgIpc) is 3.45. The lowest BCUT2D eigenvalue weighted by Gasteiger charge is -2.21. The van der Waals surface area contributed by atoms with Gasteiger partial charge in [0.1, 0.15) is 11.9 Å². The summed E-state index contributed by atoms with van der Waals surface area (Å²) < 4.78 is 3.35. The van der Waals surface area contributed by atoms with Gasteiger partial charge in [0.05, 0.1) is 17.1 Å². The summed E-state index contributed by atoms with van der Waals surface area (Å²) in [4.78, 5) is 40.5. The van der Waals surface area contributed by atoms with Crippen LogP contribution in [0.2, 0.25) is 0 Å². The molecule has 0 spiro atoms. The normalized spacial score (nSPS) is 11.7. The molecule has 6 aromatic rings. The predicted molar refractivity (Wildman–Crippen MR) is 153 cm³/mol. The number of nitrogens with one attached hydrogen (secondary N) is 1. The number of rotatable bonds is 4. The van der Waals surface area contributed by atoms with Crippen LogP contribution in [0.4, 0.5) is 0 Å². The van der Waals surface area contributed by atoms with Gasteiger partial charge in [0, 0.05) is 47.3 Å². The molecule has 0 aliphatic carbocycles. The molecular weight excluding hydrogens is 500 g/mol. The molecule has 1 atom stereocenters. The van der Waals surface area contributed by atoms with Crippen molar-refractivity contribution in [3.05, 3.63) is 136 Å². The smallest absolute Gasteiger partial charge is 0.264 e. The number of aromatic nitrogens is 5. The van der Waals surface area contributed by atoms with Crippen LogP contribution in [-0.4, -0.2) is 29.8 Å². The molecule has 1 unspecified atom stereocenters. The molecule has 0 aliphatic rings. The fraction of sp³-hybridized carbons (Fsp3) is 0.0938. The molecular formula is C32H24N6O2. The Morgan fingerprint density at radius 1 is 0.975 bits per heavy atom. The molecule has 2 aromatic carbocycles. The number of aryl methyl sites for hydroxylation is 1. The van der Waals surface area contributed by atoms with E-state index in [-0.39, 0.29) is 11.5 Å². The number of hydrogen-bond acceptors (Lipinski definition) is 5. The highest BCUT2D eigenvalue weighted by Crippen LogP contribution is 2.24. The zero-order chi connectivity index (χ0) is 27.6. The van der Waals surface area contributed by atoms with Crippen LogP contribution in [0.25, 0.3) is 22.1 Å². The molecule has 1 N–H and O–H groups in total. The monoisotopic (exact) mass is 524 g/mol. The summed E-state index contributed by atoms with van der Waals surface area (Å²) in [6.07, 6.45) is 8.37. The molecule has 194 valence electrons. The van der Waals surface area contributed by atoms with Crippen molar-refractivity contribution >= 4 is 22.3 Å². The Hall–Kier alpha value is -5.55. The number of fused-ring (bicyclic) bond motifs is 2. The number of imidazole rings is 1. The van der Waals surface area contributed by atoms with E-state index in [4.69, 9.17) is 0 Å². The first-order valence-corrected chi connectivity index (χ1v) is 12.8. The topological polar surface area (TPSA) is 94.2 Å². The summed E-state index contributed by atoms with van der Waals surface area (Å²) in [5.74, 6) is 5.94. The maximum atomic E-state index is 14.2. The number of nitrogens with zero attached hydrogens (tertiary/aromatic N) is 5. The zero-order valence-corrected chi connectivity index (χ0v) is 21.9. The maximum Gasteiger partial charge on any atom is 0.264 e. The second-order valence-corrected chi connectivity index (χ2v) is 9.37. The molecule has 0 fully saturated rings. The molecule has 4 aromatic heterocycles. The number of benzene rings is 2. The second kappa shape index (κ2) is 10.3. The van der Waals surface area contributed by atoms with Crippen molar-refractivity contribution in [2.24, 2.45) is 0 Å². The number of pyridine rings is 2. The van der Waals surface area contributed by atoms with Gasteiger partial charge in [-0.05, 0) is 55.6 Å². The van der Waals surface area contributed by atoms with Crippen LogP contribution in [0, 0.1) is 18.8 Å². The highest BCUT2D eigenvalue weighted by Gasteiger charge is 2.22. The third-order valence-electron chi connectivity index (χ3n) is 6.74. The molecule has 0 radical (unpaired) electrons. The minimum Gasteiger partial charge on any atom is -0.344 e. The predicted octanol–water partition coefficient (Wildman–Crippen LogP) is 4.63. The van der Waals surface area contributed by atoms with Crippen LogP contribution >= 0.6 is 0 Å². The summed E-state index contributed by atoms with van der Waals surface area (Å²) in [5, 5.41) is 4.31. The van der Waals surface area contributed by atoms with Crippen molar-refractivity contribution in [1.82, 2.24) is 29.2 Å². The minimum absolute atomic E-state index is 0.218. The summed E-state index contributed by atoms with van der Waals surface area (Å²) >= 11 is 0. The quantitative estimate of drug-likeness (QED) is 0.340. The first-order chi connectivity index (χ1) is 19.5. The van der Waals surface area contributed by atoms with E-state index in [1.54, 1.807) is 47.0 Å². The average molecular weight is 525 g/mol. The Kier molecular flexibility index (Phi) is 6.38. The van der Waals surface area contributed by atoms with E-state index < -0.39 is 6.04 Å². The minimum atomic E-state index is -0.524. The summed E-state index contributed by atoms with van der Waals surface area (Å²) in [6, 6.07) is 20.1. The van der Waals surface area contributed by atoms with Crippen LogP contribution in [0.15, 0.2) is 103 Å². The molecule has 8 nitrogen and oxygen atoms in total. The van der Waals surface area contributed by atoms with Gasteiger partial charge in [0.25, 0.3) is 11.5 Å². The van der Waals surface area contributed by atoms with Gasteiger partial charge in [-0.2, -0.15) is 0 Å². The highest BCUT2D eigenvalue weighted by atomic mass is 16.2. The molecule has 0 saturated carbocycles. The SMILES string of the molecule is Cc1ncn2ccnc2c1C(=O)NC(C)c1cc2cccc(C#Cc3cccnc3)c2c(=O)n1-c1ccccc1. The van der Waals surface area contributed by atoms with Gasteiger partial charge in [0.2, 0.25) is 0 Å². The highest BCUT2D eigenvalue weighted by molar-refractivity contribution is 6.01. The van der Waals surface area contributed by atoms with Gasteiger partial charge in [-0.1, -0.05) is 42.2 Å². The van der Waals surface area contributed by atoms with Crippen LogP contribution < -0.4 is 10.9 Å². The third kappa shape index (κ3) is 4.50. The fourth-order valence-electron chi connectivity index (χ4n) is 4.81. The number of carbonyl (C=O) groups excluding carboxylic acids is 1. The van der Waals surface area contributed by atoms with E-state index in [0.29, 0.717) is 39.2 Å². The van der Waals surface area contributed by atoms with Crippen molar-refractivity contribution in [2.45, 2.75) is 19.9 Å². The number of carbonyl (C=O) groups is 1. The standard InChI is InChI=1S/C32H24N6O2/c1-21(36-31(39)28-22(2)35-20-37-17-16-34-30(28)37)27-18-25-10-6-9-24(14-13-23-8-7-15-33-19-23)29(25)32(40)38(27)26-11-4-3-5-12-26/h3-12,15-21H,1-2H3,(H,36,39). The van der Waals surface area contributed by atoms with Crippen molar-refractivity contribution in [3.8, 4) is 17.5 Å². The largest absolute Gasteiger partial charge is 0.344 e. The molecule has 0 aliphatic heterocycles. The molecule has 1 amide bonds. The van der Waals surface area contributed by atoms with E-state index in [0.717, 1.165) is 10.9 Å². The molecule has 8 heteroatoms. The Labute approximate surface area is 230 Å². The Morgan fingerprint density at radius 2 is 1.82 bits per heavy atom. The summed E-state index contributed by atoms with van der Waals surface area (Å²) in [6.45, 7) is 3.64. The molecule has 0 saturated heterocycles. The molecule has 6 rings (SSSR count). The van der Waals surface area contributed by atoms with E-state index in [1.807, 2.05) is 73.7 Å². The lowest BCUT2D eigenvalue weighted by molar-refractivity contribution is 0.0938. The molecule has 40 heavy (non-hydrogen) atoms.